The van der Waals surface area contributed by atoms with Gasteiger partial charge in [0.2, 0.25) is 0 Å². The molecule has 0 aliphatic carbocycles. The lowest BCUT2D eigenvalue weighted by molar-refractivity contribution is 0.00337. The number of nitrogens with zero attached hydrogens (tertiary/aromatic N) is 1. The molecule has 0 aromatic heterocycles. The van der Waals surface area contributed by atoms with E-state index in [0.717, 1.165) is 18.7 Å². The zero-order valence-electron chi connectivity index (χ0n) is 11.5. The summed E-state index contributed by atoms with van der Waals surface area (Å²) in [6.45, 7) is 6.20. The van der Waals surface area contributed by atoms with Crippen molar-refractivity contribution in [1.29, 1.82) is 0 Å². The molecule has 1 atom stereocenters. The smallest absolute Gasteiger partial charge is 0.141 e. The minimum absolute atomic E-state index is 0.115. The first-order chi connectivity index (χ1) is 8.91. The SMILES string of the molecule is CC(C)(C(O)Cc1ccc(F)c(Cl)c1)N1CCCC1. The van der Waals surface area contributed by atoms with Crippen molar-refractivity contribution in [3.05, 3.63) is 34.6 Å². The van der Waals surface area contributed by atoms with Crippen LogP contribution >= 0.6 is 11.6 Å². The molecule has 0 bridgehead atoms. The highest BCUT2D eigenvalue weighted by Gasteiger charge is 2.35. The second-order valence-electron chi connectivity index (χ2n) is 5.82. The largest absolute Gasteiger partial charge is 0.391 e. The summed E-state index contributed by atoms with van der Waals surface area (Å²) >= 11 is 5.77. The summed E-state index contributed by atoms with van der Waals surface area (Å²) in [5.41, 5.74) is 0.600. The highest BCUT2D eigenvalue weighted by atomic mass is 35.5. The standard InChI is InChI=1S/C15H21ClFNO/c1-15(2,18-7-3-4-8-18)14(19)10-11-5-6-13(17)12(16)9-11/h5-6,9,14,19H,3-4,7-8,10H2,1-2H3. The highest BCUT2D eigenvalue weighted by Crippen LogP contribution is 2.27. The Morgan fingerprint density at radius 3 is 2.58 bits per heavy atom. The molecule has 2 rings (SSSR count). The molecule has 0 radical (unpaired) electrons. The van der Waals surface area contributed by atoms with Gasteiger partial charge in [-0.3, -0.25) is 4.90 Å². The molecule has 1 fully saturated rings. The van der Waals surface area contributed by atoms with Gasteiger partial charge < -0.3 is 5.11 Å². The van der Waals surface area contributed by atoms with Crippen molar-refractivity contribution < 1.29 is 9.50 Å². The average Bonchev–Trinajstić information content (AvgIpc) is 2.88. The summed E-state index contributed by atoms with van der Waals surface area (Å²) in [5.74, 6) is -0.418. The van der Waals surface area contributed by atoms with Gasteiger partial charge in [0.05, 0.1) is 11.1 Å². The maximum Gasteiger partial charge on any atom is 0.141 e. The summed E-state index contributed by atoms with van der Waals surface area (Å²) in [6.07, 6.45) is 2.38. The van der Waals surface area contributed by atoms with Crippen molar-refractivity contribution in [1.82, 2.24) is 4.90 Å². The topological polar surface area (TPSA) is 23.5 Å². The Morgan fingerprint density at radius 2 is 2.00 bits per heavy atom. The highest BCUT2D eigenvalue weighted by molar-refractivity contribution is 6.30. The van der Waals surface area contributed by atoms with Gasteiger partial charge in [-0.25, -0.2) is 4.39 Å². The molecule has 1 aromatic rings. The Kier molecular flexibility index (Phi) is 4.49. The quantitative estimate of drug-likeness (QED) is 0.918. The summed E-state index contributed by atoms with van der Waals surface area (Å²) < 4.78 is 13.1. The third kappa shape index (κ3) is 3.28. The Bertz CT molecular complexity index is 444. The second kappa shape index (κ2) is 5.78. The number of rotatable bonds is 4. The van der Waals surface area contributed by atoms with E-state index in [0.29, 0.717) is 6.42 Å². The number of halogens is 2. The predicted octanol–water partition coefficient (Wildman–Crippen LogP) is 3.26. The van der Waals surface area contributed by atoms with E-state index in [2.05, 4.69) is 18.7 Å². The molecule has 19 heavy (non-hydrogen) atoms. The van der Waals surface area contributed by atoms with Crippen molar-refractivity contribution in [2.24, 2.45) is 0 Å². The molecule has 1 unspecified atom stereocenters. The van der Waals surface area contributed by atoms with Crippen LogP contribution in [0.25, 0.3) is 0 Å². The van der Waals surface area contributed by atoms with Crippen molar-refractivity contribution >= 4 is 11.6 Å². The lowest BCUT2D eigenvalue weighted by atomic mass is 9.90. The Morgan fingerprint density at radius 1 is 1.37 bits per heavy atom. The van der Waals surface area contributed by atoms with Crippen molar-refractivity contribution in [2.75, 3.05) is 13.1 Å². The molecule has 0 spiro atoms. The van der Waals surface area contributed by atoms with Gasteiger partial charge in [-0.15, -0.1) is 0 Å². The van der Waals surface area contributed by atoms with Gasteiger partial charge >= 0.3 is 0 Å². The summed E-state index contributed by atoms with van der Waals surface area (Å²) in [4.78, 5) is 2.32. The number of aliphatic hydroxyl groups is 1. The third-order valence-electron chi connectivity index (χ3n) is 4.15. The van der Waals surface area contributed by atoms with E-state index >= 15 is 0 Å². The first-order valence-electron chi connectivity index (χ1n) is 6.78. The molecule has 106 valence electrons. The van der Waals surface area contributed by atoms with Crippen LogP contribution in [0.4, 0.5) is 4.39 Å². The van der Waals surface area contributed by atoms with Gasteiger partial charge in [0.25, 0.3) is 0 Å². The third-order valence-corrected chi connectivity index (χ3v) is 4.44. The fourth-order valence-electron chi connectivity index (χ4n) is 2.64. The molecular weight excluding hydrogens is 265 g/mol. The second-order valence-corrected chi connectivity index (χ2v) is 6.22. The molecule has 2 nitrogen and oxygen atoms in total. The van der Waals surface area contributed by atoms with Gasteiger partial charge in [0.15, 0.2) is 0 Å². The molecule has 1 aliphatic heterocycles. The normalized spacial score (nSPS) is 18.8. The molecule has 0 amide bonds. The molecule has 0 saturated carbocycles. The van der Waals surface area contributed by atoms with E-state index in [1.807, 2.05) is 0 Å². The van der Waals surface area contributed by atoms with Crippen LogP contribution in [0.3, 0.4) is 0 Å². The number of hydrogen-bond acceptors (Lipinski definition) is 2. The van der Waals surface area contributed by atoms with E-state index in [1.54, 1.807) is 12.1 Å². The fourth-order valence-corrected chi connectivity index (χ4v) is 2.85. The minimum atomic E-state index is -0.493. The van der Waals surface area contributed by atoms with Crippen LogP contribution in [0.1, 0.15) is 32.3 Å². The van der Waals surface area contributed by atoms with Gasteiger partial charge in [-0.1, -0.05) is 17.7 Å². The lowest BCUT2D eigenvalue weighted by Gasteiger charge is -2.39. The molecule has 1 aliphatic rings. The van der Waals surface area contributed by atoms with Gasteiger partial charge in [0, 0.05) is 12.0 Å². The zero-order valence-corrected chi connectivity index (χ0v) is 12.3. The fraction of sp³-hybridized carbons (Fsp3) is 0.600. The predicted molar refractivity (Wildman–Crippen MR) is 76.0 cm³/mol. The van der Waals surface area contributed by atoms with E-state index in [9.17, 15) is 9.50 Å². The number of aliphatic hydroxyl groups excluding tert-OH is 1. The van der Waals surface area contributed by atoms with Crippen molar-refractivity contribution in [3.8, 4) is 0 Å². The monoisotopic (exact) mass is 285 g/mol. The summed E-state index contributed by atoms with van der Waals surface area (Å²) in [5, 5.41) is 10.6. The minimum Gasteiger partial charge on any atom is -0.391 e. The van der Waals surface area contributed by atoms with Crippen molar-refractivity contribution in [2.45, 2.75) is 44.8 Å². The van der Waals surface area contributed by atoms with E-state index in [-0.39, 0.29) is 10.6 Å². The Labute approximate surface area is 119 Å². The van der Waals surface area contributed by atoms with Gasteiger partial charge in [-0.2, -0.15) is 0 Å². The molecule has 1 heterocycles. The lowest BCUT2D eigenvalue weighted by Crippen LogP contribution is -2.51. The molecule has 1 N–H and O–H groups in total. The zero-order chi connectivity index (χ0) is 14.0. The molecule has 1 aromatic carbocycles. The van der Waals surface area contributed by atoms with Gasteiger partial charge in [0.1, 0.15) is 5.82 Å². The Hall–Kier alpha value is -0.640. The van der Waals surface area contributed by atoms with Crippen LogP contribution < -0.4 is 0 Å². The van der Waals surface area contributed by atoms with Crippen LogP contribution in [0, 0.1) is 5.82 Å². The molecular formula is C15H21ClFNO. The van der Waals surface area contributed by atoms with E-state index in [4.69, 9.17) is 11.6 Å². The van der Waals surface area contributed by atoms with Gasteiger partial charge in [-0.05, 0) is 57.5 Å². The molecule has 1 saturated heterocycles. The number of benzene rings is 1. The van der Waals surface area contributed by atoms with Crippen molar-refractivity contribution in [3.63, 3.8) is 0 Å². The number of hydrogen-bond donors (Lipinski definition) is 1. The van der Waals surface area contributed by atoms with Crippen LogP contribution in [-0.4, -0.2) is 34.7 Å². The van der Waals surface area contributed by atoms with Crippen LogP contribution in [0.2, 0.25) is 5.02 Å². The van der Waals surface area contributed by atoms with E-state index < -0.39 is 11.9 Å². The Balaban J connectivity index is 2.06. The number of likely N-dealkylation sites (tertiary alicyclic amines) is 1. The van der Waals surface area contributed by atoms with Crippen LogP contribution in [-0.2, 0) is 6.42 Å². The molecule has 4 heteroatoms. The van der Waals surface area contributed by atoms with E-state index in [1.165, 1.54) is 18.9 Å². The summed E-state index contributed by atoms with van der Waals surface area (Å²) in [7, 11) is 0. The average molecular weight is 286 g/mol. The first-order valence-corrected chi connectivity index (χ1v) is 7.16. The maximum absolute atomic E-state index is 13.1. The maximum atomic E-state index is 13.1. The summed E-state index contributed by atoms with van der Waals surface area (Å²) in [6, 6.07) is 4.64. The van der Waals surface area contributed by atoms with Crippen LogP contribution in [0.5, 0.6) is 0 Å². The van der Waals surface area contributed by atoms with Crippen LogP contribution in [0.15, 0.2) is 18.2 Å². The first kappa shape index (κ1) is 14.8.